The maximum Gasteiger partial charge on any atom is 0.338 e. The number of aryl methyl sites for hydroxylation is 1. The number of hydrogen-bond acceptors (Lipinski definition) is 8. The predicted molar refractivity (Wildman–Crippen MR) is 188 cm³/mol. The van der Waals surface area contributed by atoms with E-state index in [0.717, 1.165) is 14.7 Å². The number of aromatic nitrogens is 1. The van der Waals surface area contributed by atoms with Gasteiger partial charge in [0.05, 0.1) is 38.7 Å². The maximum absolute atomic E-state index is 14.2. The zero-order chi connectivity index (χ0) is 33.0. The van der Waals surface area contributed by atoms with Crippen LogP contribution >= 0.6 is 33.9 Å². The molecule has 1 aromatic heterocycles. The highest BCUT2D eigenvalue weighted by Crippen LogP contribution is 2.37. The molecule has 2 heterocycles. The first-order valence-electron chi connectivity index (χ1n) is 15.2. The standard InChI is InChI=1S/C36H37IN2O6S/c1-7-42-29-18-25(17-27(37)33(29)44-20-24-13-11-12-22(5)16-24)19-30-34(40)39-32(26-14-9-10-15-28(26)45-21(3)4)31(35(41)43-8-2)23(6)38-36(39)46-30/h9-19,21,32H,7-8,20H2,1-6H3/b30-19+/t32-/m1/s1. The number of fused-ring (bicyclic) bond motifs is 1. The van der Waals surface area contributed by atoms with Crippen LogP contribution in [0.5, 0.6) is 17.2 Å². The molecule has 1 aliphatic heterocycles. The fourth-order valence-electron chi connectivity index (χ4n) is 5.34. The normalized spacial score (nSPS) is 14.6. The van der Waals surface area contributed by atoms with Crippen LogP contribution in [0.15, 0.2) is 81.7 Å². The number of para-hydroxylation sites is 1. The molecule has 4 aromatic rings. The van der Waals surface area contributed by atoms with E-state index >= 15 is 0 Å². The third-order valence-electron chi connectivity index (χ3n) is 7.19. The first kappa shape index (κ1) is 33.5. The van der Waals surface area contributed by atoms with Gasteiger partial charge in [0, 0.05) is 5.56 Å². The Hall–Kier alpha value is -3.90. The average molecular weight is 753 g/mol. The third-order valence-corrected chi connectivity index (χ3v) is 8.97. The number of allylic oxidation sites excluding steroid dienone is 1. The summed E-state index contributed by atoms with van der Waals surface area (Å²) in [7, 11) is 0. The van der Waals surface area contributed by atoms with Crippen LogP contribution in [0.2, 0.25) is 0 Å². The molecule has 0 spiro atoms. The van der Waals surface area contributed by atoms with Crippen LogP contribution in [0.25, 0.3) is 6.08 Å². The van der Waals surface area contributed by atoms with Crippen molar-refractivity contribution in [1.82, 2.24) is 4.57 Å². The van der Waals surface area contributed by atoms with Crippen LogP contribution in [0.1, 0.15) is 62.9 Å². The molecule has 240 valence electrons. The number of rotatable bonds is 11. The lowest BCUT2D eigenvalue weighted by atomic mass is 9.95. The zero-order valence-corrected chi connectivity index (χ0v) is 29.7. The number of nitrogens with zero attached hydrogens (tertiary/aromatic N) is 2. The van der Waals surface area contributed by atoms with Gasteiger partial charge < -0.3 is 18.9 Å². The minimum absolute atomic E-state index is 0.112. The Morgan fingerprint density at radius 2 is 1.80 bits per heavy atom. The molecule has 0 bridgehead atoms. The molecule has 1 atom stereocenters. The van der Waals surface area contributed by atoms with Crippen LogP contribution in [-0.4, -0.2) is 29.9 Å². The van der Waals surface area contributed by atoms with Crippen molar-refractivity contribution in [2.45, 2.75) is 60.3 Å². The van der Waals surface area contributed by atoms with E-state index in [1.165, 1.54) is 16.9 Å². The first-order valence-corrected chi connectivity index (χ1v) is 17.1. The fraction of sp³-hybridized carbons (Fsp3) is 0.306. The lowest BCUT2D eigenvalue weighted by molar-refractivity contribution is -0.139. The maximum atomic E-state index is 14.2. The summed E-state index contributed by atoms with van der Waals surface area (Å²) in [6.07, 6.45) is 1.72. The summed E-state index contributed by atoms with van der Waals surface area (Å²) in [4.78, 5) is 32.8. The number of hydrogen-bond donors (Lipinski definition) is 0. The second-order valence-electron chi connectivity index (χ2n) is 11.0. The van der Waals surface area contributed by atoms with Crippen LogP contribution < -0.4 is 29.1 Å². The molecule has 5 rings (SSSR count). The van der Waals surface area contributed by atoms with E-state index in [0.29, 0.717) is 56.6 Å². The van der Waals surface area contributed by atoms with Crippen molar-refractivity contribution in [3.05, 3.63) is 117 Å². The highest BCUT2D eigenvalue weighted by Gasteiger charge is 2.35. The molecule has 0 saturated carbocycles. The number of benzene rings is 3. The lowest BCUT2D eigenvalue weighted by Crippen LogP contribution is -2.40. The molecular weight excluding hydrogens is 715 g/mol. The minimum Gasteiger partial charge on any atom is -0.491 e. The van der Waals surface area contributed by atoms with Crippen LogP contribution in [0.4, 0.5) is 0 Å². The van der Waals surface area contributed by atoms with Crippen LogP contribution in [0, 0.1) is 10.5 Å². The van der Waals surface area contributed by atoms with Gasteiger partial charge in [-0.25, -0.2) is 9.79 Å². The molecule has 1 aliphatic rings. The highest BCUT2D eigenvalue weighted by atomic mass is 127. The van der Waals surface area contributed by atoms with Crippen molar-refractivity contribution >= 4 is 46.0 Å². The molecule has 0 amide bonds. The minimum atomic E-state index is -0.774. The van der Waals surface area contributed by atoms with Gasteiger partial charge in [-0.2, -0.15) is 0 Å². The summed E-state index contributed by atoms with van der Waals surface area (Å²) in [6.45, 7) is 12.4. The number of ether oxygens (including phenoxy) is 4. The summed E-state index contributed by atoms with van der Waals surface area (Å²) in [5.41, 5.74) is 4.24. The Labute approximate surface area is 286 Å². The number of carbonyl (C=O) groups is 1. The third kappa shape index (κ3) is 7.23. The van der Waals surface area contributed by atoms with Crippen molar-refractivity contribution in [2.75, 3.05) is 13.2 Å². The summed E-state index contributed by atoms with van der Waals surface area (Å²) < 4.78 is 26.7. The van der Waals surface area contributed by atoms with Gasteiger partial charge in [-0.15, -0.1) is 0 Å². The molecule has 0 unspecified atom stereocenters. The molecule has 46 heavy (non-hydrogen) atoms. The Morgan fingerprint density at radius 3 is 2.52 bits per heavy atom. The molecule has 0 aliphatic carbocycles. The van der Waals surface area contributed by atoms with Gasteiger partial charge >= 0.3 is 5.97 Å². The topological polar surface area (TPSA) is 88.4 Å². The largest absolute Gasteiger partial charge is 0.491 e. The second-order valence-corrected chi connectivity index (χ2v) is 13.2. The van der Waals surface area contributed by atoms with E-state index < -0.39 is 12.0 Å². The van der Waals surface area contributed by atoms with Crippen LogP contribution in [-0.2, 0) is 16.1 Å². The van der Waals surface area contributed by atoms with Gasteiger partial charge in [0.2, 0.25) is 0 Å². The summed E-state index contributed by atoms with van der Waals surface area (Å²) in [5, 5.41) is 0. The summed E-state index contributed by atoms with van der Waals surface area (Å²) in [6, 6.07) is 18.7. The van der Waals surface area contributed by atoms with Gasteiger partial charge in [-0.3, -0.25) is 9.36 Å². The number of carbonyl (C=O) groups excluding carboxylic acids is 1. The Kier molecular flexibility index (Phi) is 10.7. The van der Waals surface area contributed by atoms with Crippen molar-refractivity contribution < 1.29 is 23.7 Å². The van der Waals surface area contributed by atoms with Crippen LogP contribution in [0.3, 0.4) is 0 Å². The fourth-order valence-corrected chi connectivity index (χ4v) is 7.16. The lowest BCUT2D eigenvalue weighted by Gasteiger charge is -2.26. The van der Waals surface area contributed by atoms with Gasteiger partial charge in [-0.1, -0.05) is 59.4 Å². The van der Waals surface area contributed by atoms with Gasteiger partial charge in [0.25, 0.3) is 5.56 Å². The number of thiazole rings is 1. The highest BCUT2D eigenvalue weighted by molar-refractivity contribution is 14.1. The van der Waals surface area contributed by atoms with E-state index in [-0.39, 0.29) is 18.3 Å². The van der Waals surface area contributed by atoms with E-state index in [2.05, 4.69) is 41.6 Å². The van der Waals surface area contributed by atoms with E-state index in [1.54, 1.807) is 18.4 Å². The molecule has 0 radical (unpaired) electrons. The molecule has 8 nitrogen and oxygen atoms in total. The SMILES string of the molecule is CCOC(=O)C1=C(C)N=c2s/c(=C/c3cc(I)c(OCc4cccc(C)c4)c(OCC)c3)c(=O)n2[C@@H]1c1ccccc1OC(C)C. The summed E-state index contributed by atoms with van der Waals surface area (Å²) in [5.74, 6) is 1.32. The van der Waals surface area contributed by atoms with Gasteiger partial charge in [0.15, 0.2) is 16.3 Å². The molecule has 3 aromatic carbocycles. The molecular formula is C36H37IN2O6S. The van der Waals surface area contributed by atoms with Crippen molar-refractivity contribution in [1.29, 1.82) is 0 Å². The van der Waals surface area contributed by atoms with Crippen molar-refractivity contribution in [3.63, 3.8) is 0 Å². The Bertz CT molecular complexity index is 1980. The quantitative estimate of drug-likeness (QED) is 0.129. The Balaban J connectivity index is 1.62. The van der Waals surface area contributed by atoms with E-state index in [4.69, 9.17) is 23.9 Å². The van der Waals surface area contributed by atoms with Crippen molar-refractivity contribution in [3.8, 4) is 17.2 Å². The first-order chi connectivity index (χ1) is 22.1. The molecule has 0 N–H and O–H groups in total. The molecule has 10 heteroatoms. The van der Waals surface area contributed by atoms with Gasteiger partial charge in [0.1, 0.15) is 18.4 Å². The predicted octanol–water partition coefficient (Wildman–Crippen LogP) is 6.48. The monoisotopic (exact) mass is 752 g/mol. The smallest absolute Gasteiger partial charge is 0.338 e. The Morgan fingerprint density at radius 1 is 1.02 bits per heavy atom. The molecule has 0 saturated heterocycles. The number of halogens is 1. The van der Waals surface area contributed by atoms with Gasteiger partial charge in [-0.05, 0) is 99.5 Å². The zero-order valence-electron chi connectivity index (χ0n) is 26.8. The van der Waals surface area contributed by atoms with Crippen molar-refractivity contribution in [2.24, 2.45) is 4.99 Å². The average Bonchev–Trinajstić information content (AvgIpc) is 3.30. The number of esters is 1. The second kappa shape index (κ2) is 14.7. The summed E-state index contributed by atoms with van der Waals surface area (Å²) >= 11 is 3.51. The molecule has 0 fully saturated rings. The van der Waals surface area contributed by atoms with E-state index in [1.807, 2.05) is 75.4 Å². The van der Waals surface area contributed by atoms with E-state index in [9.17, 15) is 9.59 Å².